The first-order valence-electron chi connectivity index (χ1n) is 7.80. The van der Waals surface area contributed by atoms with E-state index in [0.717, 1.165) is 27.4 Å². The lowest BCUT2D eigenvalue weighted by Gasteiger charge is -2.11. The number of thiazole rings is 1. The molecular weight excluding hydrogens is 334 g/mol. The van der Waals surface area contributed by atoms with Crippen LogP contribution in [0, 0.1) is 18.3 Å². The standard InChI is InChI=1S/C18H15N5OS/c1-11-6-16(20-8-17-21-12(9-24)10-25-17)23-15-5-3-2-4-14(15)22-18(23)13(11)7-19/h2-6,10,20,24H,8-9H2,1H3. The maximum Gasteiger partial charge on any atom is 0.157 e. The van der Waals surface area contributed by atoms with Crippen molar-refractivity contribution in [2.24, 2.45) is 0 Å². The second-order valence-corrected chi connectivity index (χ2v) is 6.65. The molecule has 25 heavy (non-hydrogen) atoms. The SMILES string of the molecule is Cc1cc(NCc2nc(CO)cs2)n2c(nc3ccccc32)c1C#N. The number of para-hydroxylation sites is 2. The molecular formula is C18H15N5OS. The third-order valence-electron chi connectivity index (χ3n) is 4.07. The Bertz CT molecular complexity index is 1120. The summed E-state index contributed by atoms with van der Waals surface area (Å²) in [5.74, 6) is 0.862. The molecule has 1 aromatic carbocycles. The number of nitrogens with one attached hydrogen (secondary N) is 1. The number of aliphatic hydroxyl groups is 1. The molecule has 3 aromatic heterocycles. The number of aryl methyl sites for hydroxylation is 1. The van der Waals surface area contributed by atoms with Crippen LogP contribution in [0.1, 0.15) is 21.8 Å². The lowest BCUT2D eigenvalue weighted by molar-refractivity contribution is 0.277. The van der Waals surface area contributed by atoms with E-state index in [4.69, 9.17) is 5.11 Å². The molecule has 0 aliphatic rings. The molecule has 0 atom stereocenters. The molecule has 3 heterocycles. The Labute approximate surface area is 148 Å². The third-order valence-corrected chi connectivity index (χ3v) is 4.96. The maximum absolute atomic E-state index is 9.51. The van der Waals surface area contributed by atoms with Crippen molar-refractivity contribution in [1.82, 2.24) is 14.4 Å². The van der Waals surface area contributed by atoms with Crippen molar-refractivity contribution >= 4 is 33.8 Å². The van der Waals surface area contributed by atoms with Gasteiger partial charge in [-0.2, -0.15) is 5.26 Å². The van der Waals surface area contributed by atoms with Gasteiger partial charge in [-0.1, -0.05) is 12.1 Å². The number of imidazole rings is 1. The molecule has 4 aromatic rings. The summed E-state index contributed by atoms with van der Waals surface area (Å²) in [6, 6.07) is 12.0. The zero-order valence-electron chi connectivity index (χ0n) is 13.5. The van der Waals surface area contributed by atoms with Crippen LogP contribution in [0.25, 0.3) is 16.7 Å². The highest BCUT2D eigenvalue weighted by Crippen LogP contribution is 2.27. The first kappa shape index (κ1) is 15.6. The Morgan fingerprint density at radius 3 is 2.92 bits per heavy atom. The van der Waals surface area contributed by atoms with Gasteiger partial charge in [0.25, 0.3) is 0 Å². The molecule has 0 bridgehead atoms. The van der Waals surface area contributed by atoms with Gasteiger partial charge in [-0.25, -0.2) is 9.97 Å². The van der Waals surface area contributed by atoms with E-state index in [-0.39, 0.29) is 6.61 Å². The fraction of sp³-hybridized carbons (Fsp3) is 0.167. The molecule has 0 aliphatic heterocycles. The smallest absolute Gasteiger partial charge is 0.157 e. The average molecular weight is 349 g/mol. The Hall–Kier alpha value is -2.95. The van der Waals surface area contributed by atoms with Crippen LogP contribution in [0.2, 0.25) is 0 Å². The lowest BCUT2D eigenvalue weighted by atomic mass is 10.1. The number of benzene rings is 1. The predicted octanol–water partition coefficient (Wildman–Crippen LogP) is 3.23. The highest BCUT2D eigenvalue weighted by atomic mass is 32.1. The highest BCUT2D eigenvalue weighted by Gasteiger charge is 2.15. The molecule has 0 aliphatic carbocycles. The van der Waals surface area contributed by atoms with Crippen molar-refractivity contribution in [2.75, 3.05) is 5.32 Å². The zero-order chi connectivity index (χ0) is 17.4. The molecule has 0 amide bonds. The van der Waals surface area contributed by atoms with Gasteiger partial charge in [0.05, 0.1) is 35.4 Å². The van der Waals surface area contributed by atoms with Crippen LogP contribution in [-0.2, 0) is 13.2 Å². The summed E-state index contributed by atoms with van der Waals surface area (Å²) in [5, 5.41) is 24.8. The van der Waals surface area contributed by atoms with Gasteiger partial charge in [0.2, 0.25) is 0 Å². The van der Waals surface area contributed by atoms with Gasteiger partial charge in [-0.3, -0.25) is 4.40 Å². The summed E-state index contributed by atoms with van der Waals surface area (Å²) in [6.45, 7) is 2.40. The first-order valence-corrected chi connectivity index (χ1v) is 8.68. The Balaban J connectivity index is 1.83. The number of nitriles is 1. The zero-order valence-corrected chi connectivity index (χ0v) is 14.3. The van der Waals surface area contributed by atoms with Gasteiger partial charge in [0, 0.05) is 5.38 Å². The van der Waals surface area contributed by atoms with Crippen LogP contribution in [0.3, 0.4) is 0 Å². The van der Waals surface area contributed by atoms with Crippen LogP contribution in [0.4, 0.5) is 5.82 Å². The topological polar surface area (TPSA) is 86.2 Å². The maximum atomic E-state index is 9.51. The minimum Gasteiger partial charge on any atom is -0.390 e. The number of hydrogen-bond acceptors (Lipinski definition) is 6. The van der Waals surface area contributed by atoms with Gasteiger partial charge in [0.1, 0.15) is 16.9 Å². The summed E-state index contributed by atoms with van der Waals surface area (Å²) >= 11 is 1.51. The molecule has 0 saturated carbocycles. The van der Waals surface area contributed by atoms with E-state index in [0.29, 0.717) is 23.4 Å². The Kier molecular flexibility index (Phi) is 3.84. The minimum absolute atomic E-state index is 0.0527. The number of anilines is 1. The van der Waals surface area contributed by atoms with E-state index >= 15 is 0 Å². The van der Waals surface area contributed by atoms with Gasteiger partial charge in [-0.05, 0) is 30.7 Å². The summed E-state index contributed by atoms with van der Waals surface area (Å²) in [4.78, 5) is 8.99. The summed E-state index contributed by atoms with van der Waals surface area (Å²) in [7, 11) is 0. The molecule has 4 rings (SSSR count). The molecule has 0 unspecified atom stereocenters. The predicted molar refractivity (Wildman–Crippen MR) is 97.5 cm³/mol. The normalized spacial score (nSPS) is 11.1. The second-order valence-electron chi connectivity index (χ2n) is 5.70. The third kappa shape index (κ3) is 2.61. The fourth-order valence-electron chi connectivity index (χ4n) is 2.89. The molecule has 0 spiro atoms. The van der Waals surface area contributed by atoms with Crippen molar-refractivity contribution in [2.45, 2.75) is 20.1 Å². The number of aliphatic hydroxyl groups excluding tert-OH is 1. The van der Waals surface area contributed by atoms with E-state index < -0.39 is 0 Å². The van der Waals surface area contributed by atoms with E-state index in [1.54, 1.807) is 0 Å². The average Bonchev–Trinajstić information content (AvgIpc) is 3.24. The van der Waals surface area contributed by atoms with Crippen molar-refractivity contribution in [3.8, 4) is 6.07 Å². The van der Waals surface area contributed by atoms with Crippen LogP contribution >= 0.6 is 11.3 Å². The molecule has 0 fully saturated rings. The Morgan fingerprint density at radius 2 is 2.16 bits per heavy atom. The van der Waals surface area contributed by atoms with Crippen molar-refractivity contribution in [3.63, 3.8) is 0 Å². The van der Waals surface area contributed by atoms with Crippen molar-refractivity contribution in [1.29, 1.82) is 5.26 Å². The number of nitrogens with zero attached hydrogens (tertiary/aromatic N) is 4. The molecule has 0 saturated heterocycles. The number of aromatic nitrogens is 3. The van der Waals surface area contributed by atoms with Crippen LogP contribution in [0.15, 0.2) is 35.7 Å². The van der Waals surface area contributed by atoms with Gasteiger partial charge >= 0.3 is 0 Å². The number of fused-ring (bicyclic) bond motifs is 3. The number of rotatable bonds is 4. The van der Waals surface area contributed by atoms with Gasteiger partial charge in [0.15, 0.2) is 5.65 Å². The number of pyridine rings is 1. The lowest BCUT2D eigenvalue weighted by Crippen LogP contribution is -2.06. The van der Waals surface area contributed by atoms with E-state index in [1.807, 2.05) is 47.0 Å². The largest absolute Gasteiger partial charge is 0.390 e. The van der Waals surface area contributed by atoms with E-state index in [1.165, 1.54) is 11.3 Å². The second kappa shape index (κ2) is 6.16. The van der Waals surface area contributed by atoms with Crippen molar-refractivity contribution < 1.29 is 5.11 Å². The molecule has 2 N–H and O–H groups in total. The Morgan fingerprint density at radius 1 is 1.32 bits per heavy atom. The first-order chi connectivity index (χ1) is 12.2. The van der Waals surface area contributed by atoms with Crippen LogP contribution in [0.5, 0.6) is 0 Å². The summed E-state index contributed by atoms with van der Waals surface area (Å²) < 4.78 is 1.97. The quantitative estimate of drug-likeness (QED) is 0.591. The molecule has 124 valence electrons. The molecule has 6 nitrogen and oxygen atoms in total. The number of hydrogen-bond donors (Lipinski definition) is 2. The summed E-state index contributed by atoms with van der Waals surface area (Å²) in [5.41, 5.74) is 4.59. The fourth-order valence-corrected chi connectivity index (χ4v) is 3.62. The van der Waals surface area contributed by atoms with Crippen LogP contribution < -0.4 is 5.32 Å². The van der Waals surface area contributed by atoms with Crippen LogP contribution in [-0.4, -0.2) is 19.5 Å². The minimum atomic E-state index is -0.0527. The van der Waals surface area contributed by atoms with Gasteiger partial charge < -0.3 is 10.4 Å². The summed E-state index contributed by atoms with van der Waals surface area (Å²) in [6.07, 6.45) is 0. The molecule has 7 heteroatoms. The van der Waals surface area contributed by atoms with E-state index in [2.05, 4.69) is 21.4 Å². The van der Waals surface area contributed by atoms with E-state index in [9.17, 15) is 5.26 Å². The van der Waals surface area contributed by atoms with Gasteiger partial charge in [-0.15, -0.1) is 11.3 Å². The molecule has 0 radical (unpaired) electrons. The van der Waals surface area contributed by atoms with Crippen molar-refractivity contribution in [3.05, 3.63) is 57.5 Å². The monoisotopic (exact) mass is 349 g/mol. The highest BCUT2D eigenvalue weighted by molar-refractivity contribution is 7.09.